The number of hydrogen-bond donors (Lipinski definition) is 1. The molecule has 3 aromatic rings. The molecule has 1 atom stereocenters. The molecule has 0 radical (unpaired) electrons. The van der Waals surface area contributed by atoms with E-state index in [0.29, 0.717) is 6.54 Å². The van der Waals surface area contributed by atoms with E-state index >= 15 is 0 Å². The van der Waals surface area contributed by atoms with Gasteiger partial charge in [-0.3, -0.25) is 0 Å². The number of carbonyl (C=O) groups is 1. The van der Waals surface area contributed by atoms with Gasteiger partial charge in [-0.05, 0) is 42.3 Å². The van der Waals surface area contributed by atoms with Crippen molar-refractivity contribution < 1.29 is 9.53 Å². The summed E-state index contributed by atoms with van der Waals surface area (Å²) in [5, 5.41) is 7.12. The SMILES string of the molecule is COc1cccc(CN(C)C(=O)NC(C)c2ccc(-n3cncn3)cc2)c1. The van der Waals surface area contributed by atoms with Crippen molar-refractivity contribution in [1.29, 1.82) is 0 Å². The van der Waals surface area contributed by atoms with E-state index in [1.807, 2.05) is 55.5 Å². The molecule has 7 heteroatoms. The molecule has 7 nitrogen and oxygen atoms in total. The summed E-state index contributed by atoms with van der Waals surface area (Å²) in [5.74, 6) is 0.780. The van der Waals surface area contributed by atoms with Crippen molar-refractivity contribution in [2.75, 3.05) is 14.2 Å². The molecular formula is C20H23N5O2. The summed E-state index contributed by atoms with van der Waals surface area (Å²) in [7, 11) is 3.40. The van der Waals surface area contributed by atoms with E-state index in [1.165, 1.54) is 6.33 Å². The Morgan fingerprint density at radius 3 is 2.70 bits per heavy atom. The molecular weight excluding hydrogens is 342 g/mol. The van der Waals surface area contributed by atoms with Gasteiger partial charge >= 0.3 is 6.03 Å². The zero-order valence-electron chi connectivity index (χ0n) is 15.7. The minimum atomic E-state index is -0.134. The fourth-order valence-corrected chi connectivity index (χ4v) is 2.75. The number of hydrogen-bond acceptors (Lipinski definition) is 4. The summed E-state index contributed by atoms with van der Waals surface area (Å²) in [4.78, 5) is 18.1. The fraction of sp³-hybridized carbons (Fsp3) is 0.250. The van der Waals surface area contributed by atoms with Gasteiger partial charge in [-0.25, -0.2) is 14.5 Å². The Bertz CT molecular complexity index is 878. The lowest BCUT2D eigenvalue weighted by atomic mass is 10.1. The number of carbonyl (C=O) groups excluding carboxylic acids is 1. The van der Waals surface area contributed by atoms with Crippen LogP contribution < -0.4 is 10.1 Å². The topological polar surface area (TPSA) is 72.3 Å². The number of aromatic nitrogens is 3. The van der Waals surface area contributed by atoms with Crippen LogP contribution in [0.3, 0.4) is 0 Å². The highest BCUT2D eigenvalue weighted by molar-refractivity contribution is 5.74. The highest BCUT2D eigenvalue weighted by atomic mass is 16.5. The van der Waals surface area contributed by atoms with E-state index in [-0.39, 0.29) is 12.1 Å². The monoisotopic (exact) mass is 365 g/mol. The Hall–Kier alpha value is -3.35. The van der Waals surface area contributed by atoms with E-state index < -0.39 is 0 Å². The standard InChI is InChI=1S/C20H23N5O2/c1-15(17-7-9-18(10-8-17)25-14-21-13-22-25)23-20(26)24(2)12-16-5-4-6-19(11-16)27-3/h4-11,13-15H,12H2,1-3H3,(H,23,26). The molecule has 27 heavy (non-hydrogen) atoms. The van der Waals surface area contributed by atoms with Crippen molar-refractivity contribution >= 4 is 6.03 Å². The number of amides is 2. The van der Waals surface area contributed by atoms with Gasteiger partial charge in [-0.2, -0.15) is 5.10 Å². The number of urea groups is 1. The molecule has 0 spiro atoms. The molecule has 1 aromatic heterocycles. The molecule has 0 saturated heterocycles. The predicted molar refractivity (Wildman–Crippen MR) is 103 cm³/mol. The first kappa shape index (κ1) is 18.4. The molecule has 0 aliphatic heterocycles. The van der Waals surface area contributed by atoms with E-state index in [1.54, 1.807) is 30.1 Å². The predicted octanol–water partition coefficient (Wildman–Crippen LogP) is 3.18. The largest absolute Gasteiger partial charge is 0.497 e. The summed E-state index contributed by atoms with van der Waals surface area (Å²) < 4.78 is 6.92. The van der Waals surface area contributed by atoms with Crippen LogP contribution in [0.25, 0.3) is 5.69 Å². The van der Waals surface area contributed by atoms with Crippen LogP contribution in [0.4, 0.5) is 4.79 Å². The van der Waals surface area contributed by atoms with Crippen LogP contribution in [0.5, 0.6) is 5.75 Å². The molecule has 0 aliphatic carbocycles. The minimum Gasteiger partial charge on any atom is -0.497 e. The number of methoxy groups -OCH3 is 1. The second-order valence-electron chi connectivity index (χ2n) is 6.31. The molecule has 1 unspecified atom stereocenters. The van der Waals surface area contributed by atoms with E-state index in [0.717, 1.165) is 22.6 Å². The Morgan fingerprint density at radius 2 is 2.04 bits per heavy atom. The average Bonchev–Trinajstić information content (AvgIpc) is 3.23. The number of rotatable bonds is 6. The van der Waals surface area contributed by atoms with Crippen molar-refractivity contribution in [3.8, 4) is 11.4 Å². The highest BCUT2D eigenvalue weighted by Gasteiger charge is 2.14. The molecule has 3 rings (SSSR count). The maximum atomic E-state index is 12.5. The third-order valence-corrected chi connectivity index (χ3v) is 4.32. The van der Waals surface area contributed by atoms with Gasteiger partial charge in [0.1, 0.15) is 18.4 Å². The van der Waals surface area contributed by atoms with Gasteiger partial charge in [0.25, 0.3) is 0 Å². The third-order valence-electron chi connectivity index (χ3n) is 4.32. The van der Waals surface area contributed by atoms with Gasteiger partial charge in [0.15, 0.2) is 0 Å². The normalized spacial score (nSPS) is 11.7. The van der Waals surface area contributed by atoms with Crippen molar-refractivity contribution in [3.05, 3.63) is 72.3 Å². The quantitative estimate of drug-likeness (QED) is 0.728. The fourth-order valence-electron chi connectivity index (χ4n) is 2.75. The second-order valence-corrected chi connectivity index (χ2v) is 6.31. The van der Waals surface area contributed by atoms with Gasteiger partial charge in [0.2, 0.25) is 0 Å². The third kappa shape index (κ3) is 4.63. The van der Waals surface area contributed by atoms with Gasteiger partial charge in [0, 0.05) is 13.6 Å². The lowest BCUT2D eigenvalue weighted by Crippen LogP contribution is -2.38. The maximum Gasteiger partial charge on any atom is 0.317 e. The second kappa shape index (κ2) is 8.35. The molecule has 1 heterocycles. The molecule has 140 valence electrons. The van der Waals surface area contributed by atoms with E-state index in [4.69, 9.17) is 4.74 Å². The first-order valence-electron chi connectivity index (χ1n) is 8.66. The van der Waals surface area contributed by atoms with Crippen LogP contribution in [0, 0.1) is 0 Å². The highest BCUT2D eigenvalue weighted by Crippen LogP contribution is 2.17. The smallest absolute Gasteiger partial charge is 0.317 e. The van der Waals surface area contributed by atoms with Crippen LogP contribution >= 0.6 is 0 Å². The summed E-state index contributed by atoms with van der Waals surface area (Å²) >= 11 is 0. The molecule has 0 saturated carbocycles. The minimum absolute atomic E-state index is 0.116. The molecule has 0 aliphatic rings. The molecule has 0 bridgehead atoms. The van der Waals surface area contributed by atoms with Crippen LogP contribution in [-0.2, 0) is 6.54 Å². The van der Waals surface area contributed by atoms with Crippen LogP contribution in [0.2, 0.25) is 0 Å². The van der Waals surface area contributed by atoms with E-state index in [9.17, 15) is 4.79 Å². The first-order chi connectivity index (χ1) is 13.1. The van der Waals surface area contributed by atoms with Crippen LogP contribution in [0.1, 0.15) is 24.1 Å². The lowest BCUT2D eigenvalue weighted by Gasteiger charge is -2.22. The van der Waals surface area contributed by atoms with Crippen molar-refractivity contribution in [1.82, 2.24) is 25.0 Å². The number of ether oxygens (including phenoxy) is 1. The van der Waals surface area contributed by atoms with Crippen molar-refractivity contribution in [2.24, 2.45) is 0 Å². The van der Waals surface area contributed by atoms with E-state index in [2.05, 4.69) is 15.4 Å². The Labute approximate surface area is 158 Å². The first-order valence-corrected chi connectivity index (χ1v) is 8.66. The Balaban J connectivity index is 1.59. The zero-order valence-corrected chi connectivity index (χ0v) is 15.7. The average molecular weight is 365 g/mol. The van der Waals surface area contributed by atoms with Gasteiger partial charge in [0.05, 0.1) is 18.8 Å². The molecule has 2 amide bonds. The zero-order chi connectivity index (χ0) is 19.2. The molecule has 1 N–H and O–H groups in total. The lowest BCUT2D eigenvalue weighted by molar-refractivity contribution is 0.203. The van der Waals surface area contributed by atoms with Crippen LogP contribution in [0.15, 0.2) is 61.2 Å². The molecule has 2 aromatic carbocycles. The van der Waals surface area contributed by atoms with Crippen LogP contribution in [-0.4, -0.2) is 39.9 Å². The maximum absolute atomic E-state index is 12.5. The summed E-state index contributed by atoms with van der Waals surface area (Å²) in [6.07, 6.45) is 3.14. The van der Waals surface area contributed by atoms with Crippen molar-refractivity contribution in [2.45, 2.75) is 19.5 Å². The van der Waals surface area contributed by atoms with Gasteiger partial charge < -0.3 is 15.0 Å². The summed E-state index contributed by atoms with van der Waals surface area (Å²) in [6.45, 7) is 2.46. The van der Waals surface area contributed by atoms with Gasteiger partial charge in [-0.15, -0.1) is 0 Å². The summed E-state index contributed by atoms with van der Waals surface area (Å²) in [6, 6.07) is 15.3. The Morgan fingerprint density at radius 1 is 1.26 bits per heavy atom. The number of nitrogens with zero attached hydrogens (tertiary/aromatic N) is 4. The number of benzene rings is 2. The Kier molecular flexibility index (Phi) is 5.71. The molecule has 0 fully saturated rings. The number of nitrogens with one attached hydrogen (secondary N) is 1. The summed E-state index contributed by atoms with van der Waals surface area (Å²) in [5.41, 5.74) is 2.95. The van der Waals surface area contributed by atoms with Crippen molar-refractivity contribution in [3.63, 3.8) is 0 Å². The van der Waals surface area contributed by atoms with Gasteiger partial charge in [-0.1, -0.05) is 24.3 Å².